The van der Waals surface area contributed by atoms with Gasteiger partial charge in [-0.25, -0.2) is 0 Å². The van der Waals surface area contributed by atoms with Gasteiger partial charge in [0.1, 0.15) is 5.56 Å². The van der Waals surface area contributed by atoms with E-state index in [1.54, 1.807) is 23.1 Å². The van der Waals surface area contributed by atoms with E-state index in [4.69, 9.17) is 4.85 Å². The molecule has 1 aromatic carbocycles. The lowest BCUT2D eigenvalue weighted by molar-refractivity contribution is 0.549. The van der Waals surface area contributed by atoms with Crippen molar-refractivity contribution >= 4 is 23.1 Å². The smallest absolute Gasteiger partial charge is 0.304 e. The molecule has 2 bridgehead atoms. The quantitative estimate of drug-likeness (QED) is 0.880. The largest absolute Gasteiger partial charge is 0.311 e. The molecule has 4 heteroatoms. The Bertz CT molecular complexity index is 684. The van der Waals surface area contributed by atoms with Crippen LogP contribution in [0.3, 0.4) is 0 Å². The van der Waals surface area contributed by atoms with Gasteiger partial charge in [-0.2, -0.15) is 0 Å². The molecule has 2 aliphatic heterocycles. The minimum atomic E-state index is 0.428. The van der Waals surface area contributed by atoms with Gasteiger partial charge in [-0.1, -0.05) is 28.7 Å². The molecule has 2 saturated heterocycles. The summed E-state index contributed by atoms with van der Waals surface area (Å²) < 4.78 is 1.32. The van der Waals surface area contributed by atoms with Crippen molar-refractivity contribution in [3.05, 3.63) is 52.2 Å². The standard InChI is InChI=1S/C17H17N2S2/c1-3-12(9-14(4-1)21-17-5-2-8-20-17)11-18-16-10-13-6-7-15(16)19-13/h1-5,8-9,13,15-16,19H,6-7,10H2/q+1/t13-,15+,16-/m1/s1. The van der Waals surface area contributed by atoms with Gasteiger partial charge < -0.3 is 5.32 Å². The summed E-state index contributed by atoms with van der Waals surface area (Å²) in [5.74, 6) is 0. The summed E-state index contributed by atoms with van der Waals surface area (Å²) in [4.78, 5) is 5.95. The molecule has 0 amide bonds. The first-order chi connectivity index (χ1) is 10.4. The van der Waals surface area contributed by atoms with Gasteiger partial charge in [-0.15, -0.1) is 11.3 Å². The van der Waals surface area contributed by atoms with Crippen LogP contribution in [-0.4, -0.2) is 18.1 Å². The van der Waals surface area contributed by atoms with E-state index in [0.717, 1.165) is 5.56 Å². The van der Waals surface area contributed by atoms with Gasteiger partial charge in [0.05, 0.1) is 10.3 Å². The number of benzene rings is 1. The van der Waals surface area contributed by atoms with Crippen LogP contribution in [0.5, 0.6) is 0 Å². The van der Waals surface area contributed by atoms with Crippen molar-refractivity contribution in [3.8, 4) is 6.07 Å². The second kappa shape index (κ2) is 5.84. The third kappa shape index (κ3) is 3.01. The van der Waals surface area contributed by atoms with E-state index in [9.17, 15) is 0 Å². The molecule has 106 valence electrons. The predicted octanol–water partition coefficient (Wildman–Crippen LogP) is 4.47. The van der Waals surface area contributed by atoms with E-state index in [1.807, 2.05) is 0 Å². The maximum Gasteiger partial charge on any atom is 0.311 e. The van der Waals surface area contributed by atoms with Gasteiger partial charge in [0.2, 0.25) is 0 Å². The first kappa shape index (κ1) is 13.4. The topological polar surface area (TPSA) is 16.4 Å². The molecule has 0 aliphatic carbocycles. The normalized spacial score (nSPS) is 26.6. The van der Waals surface area contributed by atoms with Crippen molar-refractivity contribution in [3.63, 3.8) is 0 Å². The molecule has 21 heavy (non-hydrogen) atoms. The number of nitrogens with zero attached hydrogens (tertiary/aromatic N) is 1. The summed E-state index contributed by atoms with van der Waals surface area (Å²) >= 11 is 3.58. The highest BCUT2D eigenvalue weighted by molar-refractivity contribution is 8.01. The van der Waals surface area contributed by atoms with Crippen molar-refractivity contribution < 1.29 is 0 Å². The van der Waals surface area contributed by atoms with Gasteiger partial charge in [0, 0.05) is 17.4 Å². The fourth-order valence-electron chi connectivity index (χ4n) is 3.16. The zero-order valence-electron chi connectivity index (χ0n) is 11.7. The van der Waals surface area contributed by atoms with Crippen molar-refractivity contribution in [2.24, 2.45) is 0 Å². The van der Waals surface area contributed by atoms with Crippen molar-refractivity contribution in [1.82, 2.24) is 5.32 Å². The summed E-state index contributed by atoms with van der Waals surface area (Å²) in [6.45, 7) is 0. The van der Waals surface area contributed by atoms with E-state index in [0.29, 0.717) is 18.1 Å². The second-order valence-corrected chi connectivity index (χ2v) is 7.97. The number of hydrogen-bond acceptors (Lipinski definition) is 3. The molecule has 0 radical (unpaired) electrons. The Kier molecular flexibility index (Phi) is 3.72. The van der Waals surface area contributed by atoms with Gasteiger partial charge in [-0.3, -0.25) is 0 Å². The summed E-state index contributed by atoms with van der Waals surface area (Å²) in [7, 11) is 0. The Hall–Kier alpha value is -1.28. The fraction of sp³-hybridized carbons (Fsp3) is 0.353. The van der Waals surface area contributed by atoms with Crippen molar-refractivity contribution in [1.29, 1.82) is 0 Å². The Labute approximate surface area is 133 Å². The highest BCUT2D eigenvalue weighted by atomic mass is 32.2. The average Bonchev–Trinajstić information content (AvgIpc) is 3.23. The van der Waals surface area contributed by atoms with Gasteiger partial charge >= 0.3 is 6.07 Å². The van der Waals surface area contributed by atoms with E-state index < -0.39 is 0 Å². The van der Waals surface area contributed by atoms with Crippen LogP contribution in [0.15, 0.2) is 50.9 Å². The van der Waals surface area contributed by atoms with Gasteiger partial charge in [-0.05, 0) is 42.5 Å². The summed E-state index contributed by atoms with van der Waals surface area (Å²) in [5.41, 5.74) is 1.08. The zero-order valence-corrected chi connectivity index (χ0v) is 13.3. The second-order valence-electron chi connectivity index (χ2n) is 5.65. The monoisotopic (exact) mass is 313 g/mol. The summed E-state index contributed by atoms with van der Waals surface area (Å²) in [5, 5.41) is 5.73. The molecule has 1 aromatic heterocycles. The number of nitrogens with one attached hydrogen (secondary N) is 1. The van der Waals surface area contributed by atoms with Crippen LogP contribution in [0.2, 0.25) is 0 Å². The van der Waals surface area contributed by atoms with Gasteiger partial charge in [0.25, 0.3) is 6.04 Å². The molecule has 3 heterocycles. The number of fused-ring (bicyclic) bond motifs is 2. The molecular weight excluding hydrogens is 296 g/mol. The van der Waals surface area contributed by atoms with Crippen molar-refractivity contribution in [2.75, 3.05) is 0 Å². The molecule has 2 fully saturated rings. The Morgan fingerprint density at radius 3 is 3.00 bits per heavy atom. The highest BCUT2D eigenvalue weighted by Crippen LogP contribution is 2.32. The zero-order chi connectivity index (χ0) is 14.1. The maximum absolute atomic E-state index is 4.70. The molecule has 4 rings (SSSR count). The van der Waals surface area contributed by atoms with E-state index in [1.165, 1.54) is 28.4 Å². The van der Waals surface area contributed by atoms with Crippen molar-refractivity contribution in [2.45, 2.75) is 46.5 Å². The lowest BCUT2D eigenvalue weighted by Crippen LogP contribution is -2.24. The third-order valence-corrected chi connectivity index (χ3v) is 6.20. The molecule has 0 unspecified atom stereocenters. The van der Waals surface area contributed by atoms with Crippen LogP contribution in [0, 0.1) is 6.07 Å². The first-order valence-electron chi connectivity index (χ1n) is 7.40. The van der Waals surface area contributed by atoms with Crippen LogP contribution >= 0.6 is 23.1 Å². The first-order valence-corrected chi connectivity index (χ1v) is 9.10. The SMILES string of the molecule is C(#[N+][C@@H]1C[C@H]2CC[C@@H]1N2)c1cccc(Sc2cccs2)c1. The van der Waals surface area contributed by atoms with E-state index in [2.05, 4.69) is 53.2 Å². The third-order valence-electron chi connectivity index (χ3n) is 4.17. The Morgan fingerprint density at radius 2 is 2.24 bits per heavy atom. The Morgan fingerprint density at radius 1 is 1.24 bits per heavy atom. The minimum absolute atomic E-state index is 0.428. The fourth-order valence-corrected chi connectivity index (χ4v) is 4.97. The van der Waals surface area contributed by atoms with E-state index >= 15 is 0 Å². The number of hydrogen-bond donors (Lipinski definition) is 1. The molecule has 2 aliphatic rings. The predicted molar refractivity (Wildman–Crippen MR) is 89.6 cm³/mol. The number of thiophene rings is 1. The number of rotatable bonds is 2. The molecule has 2 aromatic rings. The Balaban J connectivity index is 1.48. The lowest BCUT2D eigenvalue weighted by Gasteiger charge is -2.04. The average molecular weight is 313 g/mol. The molecule has 0 spiro atoms. The lowest BCUT2D eigenvalue weighted by atomic mass is 9.96. The maximum atomic E-state index is 4.70. The molecule has 0 saturated carbocycles. The van der Waals surface area contributed by atoms with Crippen LogP contribution in [-0.2, 0) is 0 Å². The van der Waals surface area contributed by atoms with Crippen LogP contribution < -0.4 is 5.32 Å². The highest BCUT2D eigenvalue weighted by Gasteiger charge is 2.45. The minimum Gasteiger partial charge on any atom is -0.304 e. The van der Waals surface area contributed by atoms with Crippen LogP contribution in [0.4, 0.5) is 0 Å². The molecule has 2 nitrogen and oxygen atoms in total. The van der Waals surface area contributed by atoms with Crippen LogP contribution in [0.25, 0.3) is 4.85 Å². The summed E-state index contributed by atoms with van der Waals surface area (Å²) in [6.07, 6.45) is 3.78. The molecular formula is C17H17N2S2+. The molecule has 3 atom stereocenters. The van der Waals surface area contributed by atoms with Crippen LogP contribution in [0.1, 0.15) is 24.8 Å². The van der Waals surface area contributed by atoms with E-state index in [-0.39, 0.29) is 0 Å². The van der Waals surface area contributed by atoms with Gasteiger partial charge in [0.15, 0.2) is 0 Å². The molecule has 1 N–H and O–H groups in total. The summed E-state index contributed by atoms with van der Waals surface area (Å²) in [6, 6.07) is 17.7.